The smallest absolute Gasteiger partial charge is 0.251 e. The number of amides is 2. The van der Waals surface area contributed by atoms with Gasteiger partial charge < -0.3 is 16.0 Å². The van der Waals surface area contributed by atoms with Gasteiger partial charge in [-0.2, -0.15) is 0 Å². The summed E-state index contributed by atoms with van der Waals surface area (Å²) >= 11 is 0. The summed E-state index contributed by atoms with van der Waals surface area (Å²) in [6, 6.07) is 18.4. The Morgan fingerprint density at radius 1 is 0.966 bits per heavy atom. The molecule has 0 bridgehead atoms. The third kappa shape index (κ3) is 5.90. The summed E-state index contributed by atoms with van der Waals surface area (Å²) < 4.78 is 0. The molecule has 148 valence electrons. The molecule has 0 aliphatic rings. The highest BCUT2D eigenvalue weighted by molar-refractivity contribution is 5.96. The van der Waals surface area contributed by atoms with E-state index in [4.69, 9.17) is 0 Å². The maximum absolute atomic E-state index is 12.2. The minimum atomic E-state index is -0.190. The van der Waals surface area contributed by atoms with Gasteiger partial charge in [0.1, 0.15) is 0 Å². The number of nitrogens with zero attached hydrogens (tertiary/aromatic N) is 1. The molecule has 0 saturated heterocycles. The van der Waals surface area contributed by atoms with Crippen molar-refractivity contribution < 1.29 is 9.59 Å². The first-order valence-electron chi connectivity index (χ1n) is 9.40. The van der Waals surface area contributed by atoms with Crippen LogP contribution in [0.15, 0.2) is 66.9 Å². The van der Waals surface area contributed by atoms with E-state index in [0.717, 1.165) is 16.9 Å². The third-order valence-corrected chi connectivity index (χ3v) is 4.41. The van der Waals surface area contributed by atoms with Crippen LogP contribution in [0.3, 0.4) is 0 Å². The molecule has 0 aliphatic heterocycles. The highest BCUT2D eigenvalue weighted by atomic mass is 16.2. The number of hydrogen-bond acceptors (Lipinski definition) is 4. The summed E-state index contributed by atoms with van der Waals surface area (Å²) in [4.78, 5) is 28.6. The van der Waals surface area contributed by atoms with Gasteiger partial charge in [0.2, 0.25) is 5.91 Å². The van der Waals surface area contributed by atoms with Crippen LogP contribution >= 0.6 is 0 Å². The minimum absolute atomic E-state index is 0.155. The van der Waals surface area contributed by atoms with Gasteiger partial charge >= 0.3 is 0 Å². The predicted octanol–water partition coefficient (Wildman–Crippen LogP) is 3.68. The molecular weight excluding hydrogens is 364 g/mol. The average Bonchev–Trinajstić information content (AvgIpc) is 2.72. The van der Waals surface area contributed by atoms with Crippen molar-refractivity contribution in [2.75, 3.05) is 17.2 Å². The molecule has 0 radical (unpaired) electrons. The van der Waals surface area contributed by atoms with Crippen molar-refractivity contribution >= 4 is 23.2 Å². The van der Waals surface area contributed by atoms with Crippen LogP contribution in [0.4, 0.5) is 11.4 Å². The van der Waals surface area contributed by atoms with Crippen molar-refractivity contribution in [2.45, 2.75) is 20.4 Å². The van der Waals surface area contributed by atoms with E-state index in [0.29, 0.717) is 17.8 Å². The summed E-state index contributed by atoms with van der Waals surface area (Å²) in [5, 5.41) is 8.79. The Hall–Kier alpha value is -3.67. The first-order valence-corrected chi connectivity index (χ1v) is 9.40. The van der Waals surface area contributed by atoms with Gasteiger partial charge in [0.15, 0.2) is 0 Å². The number of aryl methyl sites for hydroxylation is 2. The Labute approximate surface area is 170 Å². The first-order chi connectivity index (χ1) is 14.0. The molecule has 2 amide bonds. The highest BCUT2D eigenvalue weighted by Gasteiger charge is 2.08. The molecule has 6 heteroatoms. The van der Waals surface area contributed by atoms with Gasteiger partial charge in [-0.05, 0) is 61.9 Å². The quantitative estimate of drug-likeness (QED) is 0.577. The van der Waals surface area contributed by atoms with Gasteiger partial charge in [0, 0.05) is 23.1 Å². The summed E-state index contributed by atoms with van der Waals surface area (Å²) in [7, 11) is 0. The maximum atomic E-state index is 12.2. The van der Waals surface area contributed by atoms with Crippen LogP contribution < -0.4 is 16.0 Å². The van der Waals surface area contributed by atoms with E-state index in [-0.39, 0.29) is 18.4 Å². The molecule has 0 atom stereocenters. The van der Waals surface area contributed by atoms with Gasteiger partial charge in [-0.1, -0.05) is 23.8 Å². The van der Waals surface area contributed by atoms with Crippen LogP contribution in [0.5, 0.6) is 0 Å². The Balaban J connectivity index is 1.49. The minimum Gasteiger partial charge on any atom is -0.376 e. The lowest BCUT2D eigenvalue weighted by molar-refractivity contribution is -0.114. The van der Waals surface area contributed by atoms with E-state index >= 15 is 0 Å². The summed E-state index contributed by atoms with van der Waals surface area (Å²) in [5.74, 6) is -0.345. The Bertz CT molecular complexity index is 986. The molecule has 6 nitrogen and oxygen atoms in total. The Morgan fingerprint density at radius 3 is 2.45 bits per heavy atom. The van der Waals surface area contributed by atoms with E-state index in [1.54, 1.807) is 30.5 Å². The highest BCUT2D eigenvalue weighted by Crippen LogP contribution is 2.16. The monoisotopic (exact) mass is 388 g/mol. The average molecular weight is 388 g/mol. The topological polar surface area (TPSA) is 83.1 Å². The second-order valence-corrected chi connectivity index (χ2v) is 6.80. The fraction of sp³-hybridized carbons (Fsp3) is 0.174. The van der Waals surface area contributed by atoms with Gasteiger partial charge in [-0.3, -0.25) is 14.6 Å². The molecule has 0 saturated carbocycles. The SMILES string of the molecule is Cc1ccc(NCC(=O)Nc2ccc(C(=O)NCc3ccccn3)cc2)c(C)c1. The standard InChI is InChI=1S/C23H24N4O2/c1-16-6-11-21(17(2)13-16)25-15-22(28)27-19-9-7-18(8-10-19)23(29)26-14-20-5-3-4-12-24-20/h3-13,25H,14-15H2,1-2H3,(H,26,29)(H,27,28). The summed E-state index contributed by atoms with van der Waals surface area (Å²) in [6.45, 7) is 4.56. The lowest BCUT2D eigenvalue weighted by Crippen LogP contribution is -2.24. The van der Waals surface area contributed by atoms with Crippen molar-refractivity contribution in [3.8, 4) is 0 Å². The van der Waals surface area contributed by atoms with Gasteiger partial charge in [0.05, 0.1) is 18.8 Å². The van der Waals surface area contributed by atoms with Crippen LogP contribution in [0.1, 0.15) is 27.2 Å². The number of carbonyl (C=O) groups excluding carboxylic acids is 2. The lowest BCUT2D eigenvalue weighted by atomic mass is 10.1. The molecule has 2 aromatic carbocycles. The number of benzene rings is 2. The predicted molar refractivity (Wildman–Crippen MR) is 115 cm³/mol. The molecule has 0 spiro atoms. The zero-order valence-electron chi connectivity index (χ0n) is 16.5. The molecule has 0 aliphatic carbocycles. The van der Waals surface area contributed by atoms with Gasteiger partial charge in [-0.15, -0.1) is 0 Å². The molecule has 0 unspecified atom stereocenters. The molecule has 0 fully saturated rings. The summed E-state index contributed by atoms with van der Waals surface area (Å²) in [6.07, 6.45) is 1.69. The second-order valence-electron chi connectivity index (χ2n) is 6.80. The summed E-state index contributed by atoms with van der Waals surface area (Å²) in [5.41, 5.74) is 5.17. The number of pyridine rings is 1. The van der Waals surface area contributed by atoms with Crippen molar-refractivity contribution in [1.82, 2.24) is 10.3 Å². The number of hydrogen-bond donors (Lipinski definition) is 3. The molecular formula is C23H24N4O2. The molecule has 1 aromatic heterocycles. The maximum Gasteiger partial charge on any atom is 0.251 e. The van der Waals surface area contributed by atoms with Crippen LogP contribution in [-0.4, -0.2) is 23.3 Å². The Kier molecular flexibility index (Phi) is 6.58. The van der Waals surface area contributed by atoms with E-state index in [1.165, 1.54) is 5.56 Å². The van der Waals surface area contributed by atoms with E-state index in [2.05, 4.69) is 27.0 Å². The van der Waals surface area contributed by atoms with Crippen LogP contribution in [0, 0.1) is 13.8 Å². The largest absolute Gasteiger partial charge is 0.376 e. The normalized spacial score (nSPS) is 10.3. The van der Waals surface area contributed by atoms with Crippen molar-refractivity contribution in [1.29, 1.82) is 0 Å². The van der Waals surface area contributed by atoms with Crippen molar-refractivity contribution in [3.05, 3.63) is 89.2 Å². The molecule has 3 aromatic rings. The zero-order valence-corrected chi connectivity index (χ0v) is 16.5. The van der Waals surface area contributed by atoms with E-state index < -0.39 is 0 Å². The number of rotatable bonds is 7. The lowest BCUT2D eigenvalue weighted by Gasteiger charge is -2.11. The van der Waals surface area contributed by atoms with Crippen LogP contribution in [-0.2, 0) is 11.3 Å². The number of carbonyl (C=O) groups is 2. The number of anilines is 2. The van der Waals surface area contributed by atoms with Gasteiger partial charge in [-0.25, -0.2) is 0 Å². The van der Waals surface area contributed by atoms with Gasteiger partial charge in [0.25, 0.3) is 5.91 Å². The Morgan fingerprint density at radius 2 is 1.76 bits per heavy atom. The van der Waals surface area contributed by atoms with E-state index in [1.807, 2.05) is 44.2 Å². The number of aromatic nitrogens is 1. The molecule has 3 rings (SSSR count). The van der Waals surface area contributed by atoms with Crippen LogP contribution in [0.25, 0.3) is 0 Å². The second kappa shape index (κ2) is 9.50. The first kappa shape index (κ1) is 20.1. The molecule has 3 N–H and O–H groups in total. The zero-order chi connectivity index (χ0) is 20.6. The number of nitrogens with one attached hydrogen (secondary N) is 3. The third-order valence-electron chi connectivity index (χ3n) is 4.41. The van der Waals surface area contributed by atoms with Crippen LogP contribution in [0.2, 0.25) is 0 Å². The van der Waals surface area contributed by atoms with E-state index in [9.17, 15) is 9.59 Å². The van der Waals surface area contributed by atoms with Crippen molar-refractivity contribution in [2.24, 2.45) is 0 Å². The fourth-order valence-electron chi connectivity index (χ4n) is 2.87. The van der Waals surface area contributed by atoms with Crippen molar-refractivity contribution in [3.63, 3.8) is 0 Å². The fourth-order valence-corrected chi connectivity index (χ4v) is 2.87. The molecule has 29 heavy (non-hydrogen) atoms. The molecule has 1 heterocycles.